The standard InChI is InChI=1S/C33H45N3O5S/c1-5-8-9-18-34-19-11-17-33-28(31(39)36(29(33)32(34)40)25(21-37)22(4)6-2)27-26(42-33)12-10-20-35(30(27)38)23-13-15-24(16-14-23)41-7-3/h10-17,22,25-29,37H,5-9,18-21H2,1-4H3/t22-,25-,26+,27-,28-,29?,33-/m0/s1. The van der Waals surface area contributed by atoms with Gasteiger partial charge in [0.05, 0.1) is 35.8 Å². The number of amides is 3. The van der Waals surface area contributed by atoms with Crippen LogP contribution in [0.2, 0.25) is 0 Å². The van der Waals surface area contributed by atoms with Crippen molar-refractivity contribution in [3.63, 3.8) is 0 Å². The van der Waals surface area contributed by atoms with Gasteiger partial charge in [0, 0.05) is 30.6 Å². The first kappa shape index (κ1) is 30.7. The van der Waals surface area contributed by atoms with E-state index in [2.05, 4.69) is 19.1 Å². The molecule has 42 heavy (non-hydrogen) atoms. The molecule has 4 aliphatic rings. The van der Waals surface area contributed by atoms with E-state index >= 15 is 0 Å². The second kappa shape index (κ2) is 12.8. The highest BCUT2D eigenvalue weighted by Gasteiger charge is 2.72. The van der Waals surface area contributed by atoms with Gasteiger partial charge >= 0.3 is 0 Å². The summed E-state index contributed by atoms with van der Waals surface area (Å²) in [4.78, 5) is 48.8. The van der Waals surface area contributed by atoms with Crippen molar-refractivity contribution in [1.82, 2.24) is 9.80 Å². The zero-order valence-corrected chi connectivity index (χ0v) is 26.1. The Bertz CT molecular complexity index is 1220. The normalized spacial score (nSPS) is 30.1. The van der Waals surface area contributed by atoms with Gasteiger partial charge in [0.2, 0.25) is 17.7 Å². The van der Waals surface area contributed by atoms with E-state index in [0.29, 0.717) is 26.2 Å². The van der Waals surface area contributed by atoms with E-state index in [0.717, 1.165) is 37.1 Å². The molecule has 8 nitrogen and oxygen atoms in total. The summed E-state index contributed by atoms with van der Waals surface area (Å²) >= 11 is 1.59. The second-order valence-corrected chi connectivity index (χ2v) is 13.4. The maximum absolute atomic E-state index is 14.7. The smallest absolute Gasteiger partial charge is 0.247 e. The number of unbranched alkanes of at least 4 members (excludes halogenated alkanes) is 2. The first-order valence-electron chi connectivity index (χ1n) is 15.6. The van der Waals surface area contributed by atoms with Crippen molar-refractivity contribution in [2.75, 3.05) is 37.7 Å². The van der Waals surface area contributed by atoms with Crippen LogP contribution >= 0.6 is 11.8 Å². The van der Waals surface area contributed by atoms with E-state index < -0.39 is 28.7 Å². The van der Waals surface area contributed by atoms with Gasteiger partial charge < -0.3 is 24.5 Å². The molecular weight excluding hydrogens is 550 g/mol. The largest absolute Gasteiger partial charge is 0.494 e. The molecule has 2 saturated heterocycles. The molecule has 0 radical (unpaired) electrons. The SMILES string of the molecule is CCCCCN1CC=C[C@]23S[C@@H]4C=CCN(c5ccc(OCC)cc5)C(=O)[C@@H]4[C@H]2C(=O)N([C@@H](CO)[C@@H](C)CC)C3C1=O. The Morgan fingerprint density at radius 2 is 1.79 bits per heavy atom. The first-order chi connectivity index (χ1) is 20.3. The number of carbonyl (C=O) groups is 3. The Hall–Kier alpha value is -2.78. The molecule has 1 N–H and O–H groups in total. The number of benzene rings is 1. The van der Waals surface area contributed by atoms with Crippen LogP contribution in [0.4, 0.5) is 5.69 Å². The maximum atomic E-state index is 14.7. The molecule has 1 aromatic carbocycles. The summed E-state index contributed by atoms with van der Waals surface area (Å²) in [7, 11) is 0. The fraction of sp³-hybridized carbons (Fsp3) is 0.606. The van der Waals surface area contributed by atoms with Crippen molar-refractivity contribution >= 4 is 35.2 Å². The van der Waals surface area contributed by atoms with Gasteiger partial charge in [-0.2, -0.15) is 0 Å². The molecule has 5 rings (SSSR count). The number of thioether (sulfide) groups is 1. The van der Waals surface area contributed by atoms with Crippen LogP contribution in [0.15, 0.2) is 48.6 Å². The maximum Gasteiger partial charge on any atom is 0.247 e. The third kappa shape index (κ3) is 5.17. The minimum Gasteiger partial charge on any atom is -0.494 e. The molecule has 7 atom stereocenters. The lowest BCUT2D eigenvalue weighted by Crippen LogP contribution is -2.57. The number of anilines is 1. The number of hydrogen-bond donors (Lipinski definition) is 1. The van der Waals surface area contributed by atoms with Gasteiger partial charge in [-0.05, 0) is 43.5 Å². The molecule has 228 valence electrons. The number of nitrogens with zero attached hydrogens (tertiary/aromatic N) is 3. The Morgan fingerprint density at radius 1 is 1.02 bits per heavy atom. The summed E-state index contributed by atoms with van der Waals surface area (Å²) < 4.78 is 4.71. The number of fused-ring (bicyclic) bond motifs is 2. The predicted octanol–water partition coefficient (Wildman–Crippen LogP) is 4.28. The fourth-order valence-electron chi connectivity index (χ4n) is 7.17. The molecule has 1 unspecified atom stereocenters. The molecule has 9 heteroatoms. The zero-order chi connectivity index (χ0) is 30.0. The highest BCUT2D eigenvalue weighted by Crippen LogP contribution is 2.61. The van der Waals surface area contributed by atoms with E-state index in [1.165, 1.54) is 0 Å². The number of aliphatic hydroxyl groups excluding tert-OH is 1. The van der Waals surface area contributed by atoms with Crippen molar-refractivity contribution in [3.8, 4) is 5.75 Å². The van der Waals surface area contributed by atoms with Crippen molar-refractivity contribution in [1.29, 1.82) is 0 Å². The van der Waals surface area contributed by atoms with E-state index in [-0.39, 0.29) is 35.5 Å². The average molecular weight is 596 g/mol. The molecule has 0 bridgehead atoms. The molecule has 4 aliphatic heterocycles. The summed E-state index contributed by atoms with van der Waals surface area (Å²) in [6.45, 7) is 9.99. The monoisotopic (exact) mass is 595 g/mol. The van der Waals surface area contributed by atoms with Crippen LogP contribution < -0.4 is 9.64 Å². The third-order valence-electron chi connectivity index (χ3n) is 9.52. The number of ether oxygens (including phenoxy) is 1. The Balaban J connectivity index is 1.56. The van der Waals surface area contributed by atoms with Crippen LogP contribution in [0.3, 0.4) is 0 Å². The molecule has 1 spiro atoms. The summed E-state index contributed by atoms with van der Waals surface area (Å²) in [6, 6.07) is 6.22. The fourth-order valence-corrected chi connectivity index (χ4v) is 9.16. The van der Waals surface area contributed by atoms with Crippen molar-refractivity contribution < 1.29 is 24.2 Å². The Kier molecular flexibility index (Phi) is 9.38. The van der Waals surface area contributed by atoms with E-state index in [1.807, 2.05) is 62.1 Å². The third-order valence-corrected chi connectivity index (χ3v) is 11.3. The number of likely N-dealkylation sites (tertiary alicyclic amines) is 1. The molecule has 2 fully saturated rings. The summed E-state index contributed by atoms with van der Waals surface area (Å²) in [5.74, 6) is -0.962. The van der Waals surface area contributed by atoms with Crippen molar-refractivity contribution in [2.24, 2.45) is 17.8 Å². The average Bonchev–Trinajstić information content (AvgIpc) is 3.31. The lowest BCUT2D eigenvalue weighted by Gasteiger charge is -2.40. The minimum atomic E-state index is -0.883. The van der Waals surface area contributed by atoms with E-state index in [1.54, 1.807) is 21.6 Å². The molecular formula is C33H45N3O5S. The number of carbonyl (C=O) groups excluding carboxylic acids is 3. The Labute approximate surface area is 254 Å². The van der Waals surface area contributed by atoms with Gasteiger partial charge in [-0.15, -0.1) is 11.8 Å². The molecule has 4 heterocycles. The van der Waals surface area contributed by atoms with Crippen LogP contribution in [0.25, 0.3) is 0 Å². The van der Waals surface area contributed by atoms with Gasteiger partial charge in [0.1, 0.15) is 11.8 Å². The minimum absolute atomic E-state index is 0.00530. The lowest BCUT2D eigenvalue weighted by atomic mass is 9.78. The number of hydrogen-bond acceptors (Lipinski definition) is 6. The van der Waals surface area contributed by atoms with Gasteiger partial charge in [-0.3, -0.25) is 14.4 Å². The molecule has 0 aromatic heterocycles. The summed E-state index contributed by atoms with van der Waals surface area (Å²) in [5, 5.41) is 10.4. The quantitative estimate of drug-likeness (QED) is 0.304. The lowest BCUT2D eigenvalue weighted by molar-refractivity contribution is -0.146. The van der Waals surface area contributed by atoms with Gasteiger partial charge in [0.25, 0.3) is 0 Å². The van der Waals surface area contributed by atoms with E-state index in [4.69, 9.17) is 4.74 Å². The molecule has 0 aliphatic carbocycles. The highest BCUT2D eigenvalue weighted by atomic mass is 32.2. The first-order valence-corrected chi connectivity index (χ1v) is 16.5. The van der Waals surface area contributed by atoms with Gasteiger partial charge in [0.15, 0.2) is 0 Å². The number of aliphatic hydroxyl groups is 1. The van der Waals surface area contributed by atoms with Crippen LogP contribution in [-0.2, 0) is 14.4 Å². The van der Waals surface area contributed by atoms with Crippen LogP contribution in [0.5, 0.6) is 5.75 Å². The highest BCUT2D eigenvalue weighted by molar-refractivity contribution is 8.02. The van der Waals surface area contributed by atoms with Crippen LogP contribution in [0, 0.1) is 17.8 Å². The van der Waals surface area contributed by atoms with Crippen molar-refractivity contribution in [2.45, 2.75) is 75.5 Å². The topological polar surface area (TPSA) is 90.4 Å². The predicted molar refractivity (Wildman–Crippen MR) is 166 cm³/mol. The molecule has 3 amide bonds. The van der Waals surface area contributed by atoms with Crippen LogP contribution in [0.1, 0.15) is 53.4 Å². The zero-order valence-electron chi connectivity index (χ0n) is 25.3. The second-order valence-electron chi connectivity index (χ2n) is 11.9. The summed E-state index contributed by atoms with van der Waals surface area (Å²) in [6.07, 6.45) is 11.9. The van der Waals surface area contributed by atoms with Crippen molar-refractivity contribution in [3.05, 3.63) is 48.6 Å². The number of rotatable bonds is 11. The van der Waals surface area contributed by atoms with Gasteiger partial charge in [-0.1, -0.05) is 64.3 Å². The van der Waals surface area contributed by atoms with E-state index in [9.17, 15) is 19.5 Å². The molecule has 1 aromatic rings. The molecule has 0 saturated carbocycles. The Morgan fingerprint density at radius 3 is 2.45 bits per heavy atom. The van der Waals surface area contributed by atoms with Gasteiger partial charge in [-0.25, -0.2) is 0 Å². The summed E-state index contributed by atoms with van der Waals surface area (Å²) in [5.41, 5.74) is 0.751. The van der Waals surface area contributed by atoms with Crippen LogP contribution in [-0.4, -0.2) is 87.6 Å².